The first-order chi connectivity index (χ1) is 5.54. The predicted octanol–water partition coefficient (Wildman–Crippen LogP) is 3.97. The zero-order valence-corrected chi connectivity index (χ0v) is 10.9. The highest BCUT2D eigenvalue weighted by Gasteiger charge is 2.62. The van der Waals surface area contributed by atoms with Crippen LogP contribution >= 0.6 is 31.9 Å². The van der Waals surface area contributed by atoms with E-state index in [1.807, 2.05) is 0 Å². The Morgan fingerprint density at radius 2 is 2.08 bits per heavy atom. The molecule has 2 rings (SSSR count). The van der Waals surface area contributed by atoms with Crippen molar-refractivity contribution in [1.29, 1.82) is 0 Å². The van der Waals surface area contributed by atoms with Crippen LogP contribution in [0.2, 0.25) is 0 Å². The summed E-state index contributed by atoms with van der Waals surface area (Å²) in [6, 6.07) is 0. The quantitative estimate of drug-likeness (QED) is 0.642. The van der Waals surface area contributed by atoms with Crippen molar-refractivity contribution >= 4 is 31.9 Å². The average molecular weight is 296 g/mol. The highest BCUT2D eigenvalue weighted by molar-refractivity contribution is 9.10. The topological polar surface area (TPSA) is 0 Å². The van der Waals surface area contributed by atoms with Gasteiger partial charge in [-0.2, -0.15) is 0 Å². The Morgan fingerprint density at radius 3 is 2.33 bits per heavy atom. The lowest BCUT2D eigenvalue weighted by atomic mass is 9.71. The molecule has 2 aliphatic carbocycles. The molecule has 70 valence electrons. The van der Waals surface area contributed by atoms with Gasteiger partial charge in [-0.3, -0.25) is 0 Å². The molecule has 2 saturated carbocycles. The normalized spacial score (nSPS) is 50.0. The molecule has 0 saturated heterocycles. The molecule has 0 unspecified atom stereocenters. The molecule has 0 spiro atoms. The van der Waals surface area contributed by atoms with E-state index in [1.54, 1.807) is 0 Å². The summed E-state index contributed by atoms with van der Waals surface area (Å²) >= 11 is 7.56. The Hall–Kier alpha value is 0.960. The molecule has 0 radical (unpaired) electrons. The molecule has 0 aromatic heterocycles. The van der Waals surface area contributed by atoms with Crippen LogP contribution in [-0.4, -0.2) is 10.2 Å². The van der Waals surface area contributed by atoms with E-state index in [-0.39, 0.29) is 0 Å². The molecule has 2 bridgehead atoms. The number of hydrogen-bond acceptors (Lipinski definition) is 0. The third kappa shape index (κ3) is 0.890. The van der Waals surface area contributed by atoms with Gasteiger partial charge in [-0.05, 0) is 36.0 Å². The molecule has 0 aromatic rings. The van der Waals surface area contributed by atoms with Gasteiger partial charge in [-0.15, -0.1) is 0 Å². The summed E-state index contributed by atoms with van der Waals surface area (Å²) in [6.07, 6.45) is 4.24. The molecule has 0 nitrogen and oxygen atoms in total. The van der Waals surface area contributed by atoms with Crippen LogP contribution in [-0.2, 0) is 0 Å². The predicted molar refractivity (Wildman–Crippen MR) is 60.1 cm³/mol. The van der Waals surface area contributed by atoms with Gasteiger partial charge < -0.3 is 0 Å². The molecule has 12 heavy (non-hydrogen) atoms. The average Bonchev–Trinajstić information content (AvgIpc) is 2.36. The second-order valence-electron chi connectivity index (χ2n) is 4.95. The molecule has 0 aromatic carbocycles. The highest BCUT2D eigenvalue weighted by Crippen LogP contribution is 2.68. The minimum Gasteiger partial charge on any atom is -0.0921 e. The van der Waals surface area contributed by atoms with Gasteiger partial charge in [0.15, 0.2) is 0 Å². The molecule has 2 fully saturated rings. The maximum atomic E-state index is 3.86. The van der Waals surface area contributed by atoms with Crippen molar-refractivity contribution in [1.82, 2.24) is 0 Å². The lowest BCUT2D eigenvalue weighted by molar-refractivity contribution is 0.165. The smallest absolute Gasteiger partial charge is 0.0218 e. The van der Waals surface area contributed by atoms with Gasteiger partial charge >= 0.3 is 0 Å². The Bertz CT molecular complexity index is 200. The Labute approximate surface area is 91.7 Å². The van der Waals surface area contributed by atoms with E-state index >= 15 is 0 Å². The minimum atomic E-state index is 0.539. The number of rotatable bonds is 1. The number of hydrogen-bond donors (Lipinski definition) is 0. The van der Waals surface area contributed by atoms with Gasteiger partial charge in [0, 0.05) is 10.2 Å². The summed E-state index contributed by atoms with van der Waals surface area (Å²) in [6.45, 7) is 4.90. The molecule has 3 atom stereocenters. The van der Waals surface area contributed by atoms with E-state index in [4.69, 9.17) is 0 Å². The second-order valence-corrected chi connectivity index (χ2v) is 6.62. The third-order valence-corrected chi connectivity index (χ3v) is 6.82. The molecule has 2 heteroatoms. The molecular weight excluding hydrogens is 280 g/mol. The maximum Gasteiger partial charge on any atom is 0.0218 e. The third-order valence-electron chi connectivity index (χ3n) is 4.57. The van der Waals surface area contributed by atoms with Crippen LogP contribution in [0.25, 0.3) is 0 Å². The van der Waals surface area contributed by atoms with Gasteiger partial charge in [0.1, 0.15) is 0 Å². The molecular formula is C10H16Br2. The standard InChI is InChI=1S/C10H16Br2/c1-9(2)7-3-4-10(9,6-11)8(12)5-7/h7-8H,3-6H2,1-2H3/t7-,8-,10-/m0/s1. The van der Waals surface area contributed by atoms with Crippen LogP contribution in [0.5, 0.6) is 0 Å². The number of halogens is 2. The van der Waals surface area contributed by atoms with Gasteiger partial charge in [0.2, 0.25) is 0 Å². The lowest BCUT2D eigenvalue weighted by Gasteiger charge is -2.39. The van der Waals surface area contributed by atoms with Crippen LogP contribution in [0.1, 0.15) is 33.1 Å². The van der Waals surface area contributed by atoms with Crippen LogP contribution in [0.4, 0.5) is 0 Å². The van der Waals surface area contributed by atoms with E-state index in [0.717, 1.165) is 10.7 Å². The molecule has 0 amide bonds. The maximum absolute atomic E-state index is 3.86. The van der Waals surface area contributed by atoms with Crippen molar-refractivity contribution in [3.63, 3.8) is 0 Å². The van der Waals surface area contributed by atoms with E-state index in [2.05, 4.69) is 45.7 Å². The minimum absolute atomic E-state index is 0.539. The van der Waals surface area contributed by atoms with Crippen molar-refractivity contribution in [2.45, 2.75) is 37.9 Å². The van der Waals surface area contributed by atoms with E-state index in [1.165, 1.54) is 24.6 Å². The van der Waals surface area contributed by atoms with E-state index in [0.29, 0.717) is 10.8 Å². The van der Waals surface area contributed by atoms with Gasteiger partial charge in [0.05, 0.1) is 0 Å². The molecule has 0 heterocycles. The summed E-state index contributed by atoms with van der Waals surface area (Å²) in [5.74, 6) is 0.958. The van der Waals surface area contributed by atoms with Crippen LogP contribution < -0.4 is 0 Å². The molecule has 0 N–H and O–H groups in total. The first-order valence-corrected chi connectivity index (χ1v) is 6.78. The SMILES string of the molecule is CC1(C)[C@H]2CC[C@]1(CBr)[C@@H](Br)C2. The summed E-state index contributed by atoms with van der Waals surface area (Å²) in [5, 5.41) is 1.17. The Balaban J connectivity index is 2.39. The van der Waals surface area contributed by atoms with Crippen LogP contribution in [0.3, 0.4) is 0 Å². The van der Waals surface area contributed by atoms with Gasteiger partial charge in [-0.25, -0.2) is 0 Å². The highest BCUT2D eigenvalue weighted by atomic mass is 79.9. The monoisotopic (exact) mass is 294 g/mol. The van der Waals surface area contributed by atoms with Gasteiger partial charge in [0.25, 0.3) is 0 Å². The largest absolute Gasteiger partial charge is 0.0921 e. The number of fused-ring (bicyclic) bond motifs is 2. The first-order valence-electron chi connectivity index (χ1n) is 4.74. The van der Waals surface area contributed by atoms with Crippen molar-refractivity contribution < 1.29 is 0 Å². The first kappa shape index (κ1) is 9.51. The lowest BCUT2D eigenvalue weighted by Crippen LogP contribution is -2.37. The Morgan fingerprint density at radius 1 is 1.42 bits per heavy atom. The fraction of sp³-hybridized carbons (Fsp3) is 1.00. The van der Waals surface area contributed by atoms with Crippen molar-refractivity contribution in [2.75, 3.05) is 5.33 Å². The summed E-state index contributed by atoms with van der Waals surface area (Å²) in [7, 11) is 0. The van der Waals surface area contributed by atoms with E-state index < -0.39 is 0 Å². The summed E-state index contributed by atoms with van der Waals surface area (Å²) < 4.78 is 0. The van der Waals surface area contributed by atoms with Crippen molar-refractivity contribution in [3.05, 3.63) is 0 Å². The van der Waals surface area contributed by atoms with Crippen molar-refractivity contribution in [3.8, 4) is 0 Å². The molecule has 2 aliphatic rings. The zero-order chi connectivity index (χ0) is 8.98. The van der Waals surface area contributed by atoms with E-state index in [9.17, 15) is 0 Å². The fourth-order valence-corrected chi connectivity index (χ4v) is 6.55. The molecule has 0 aliphatic heterocycles. The second kappa shape index (κ2) is 2.73. The van der Waals surface area contributed by atoms with Crippen LogP contribution in [0.15, 0.2) is 0 Å². The van der Waals surface area contributed by atoms with Gasteiger partial charge in [-0.1, -0.05) is 45.7 Å². The zero-order valence-electron chi connectivity index (χ0n) is 7.74. The fourth-order valence-electron chi connectivity index (χ4n) is 3.29. The summed E-state index contributed by atoms with van der Waals surface area (Å²) in [4.78, 5) is 0.748. The van der Waals surface area contributed by atoms with Crippen molar-refractivity contribution in [2.24, 2.45) is 16.7 Å². The summed E-state index contributed by atoms with van der Waals surface area (Å²) in [5.41, 5.74) is 1.09. The Kier molecular flexibility index (Phi) is 2.16. The van der Waals surface area contributed by atoms with Crippen LogP contribution in [0, 0.1) is 16.7 Å². The number of alkyl halides is 2.